The minimum Gasteiger partial charge on any atom is -0.377 e. The van der Waals surface area contributed by atoms with E-state index in [-0.39, 0.29) is 49.2 Å². The predicted octanol–water partition coefficient (Wildman–Crippen LogP) is 6.87. The molecule has 3 aromatic rings. The van der Waals surface area contributed by atoms with Crippen molar-refractivity contribution in [2.75, 3.05) is 24.4 Å². The molecule has 1 saturated carbocycles. The minimum atomic E-state index is -4.06. The van der Waals surface area contributed by atoms with Gasteiger partial charge in [-0.1, -0.05) is 54.9 Å². The zero-order valence-electron chi connectivity index (χ0n) is 30.0. The number of alkyl halides is 1. The number of hydrogen-bond donors (Lipinski definition) is 1. The van der Waals surface area contributed by atoms with Crippen molar-refractivity contribution in [3.63, 3.8) is 0 Å². The highest BCUT2D eigenvalue weighted by Crippen LogP contribution is 2.40. The van der Waals surface area contributed by atoms with Crippen molar-refractivity contribution in [1.82, 2.24) is 15.0 Å². The van der Waals surface area contributed by atoms with E-state index in [9.17, 15) is 18.0 Å². The van der Waals surface area contributed by atoms with Gasteiger partial charge in [0.1, 0.15) is 11.6 Å². The first-order valence-corrected chi connectivity index (χ1v) is 19.5. The Labute approximate surface area is 299 Å². The first-order valence-electron chi connectivity index (χ1n) is 18.0. The second-order valence-electron chi connectivity index (χ2n) is 14.0. The van der Waals surface area contributed by atoms with Crippen molar-refractivity contribution < 1.29 is 31.7 Å². The number of amidine groups is 1. The van der Waals surface area contributed by atoms with Crippen LogP contribution in [0.1, 0.15) is 94.1 Å². The summed E-state index contributed by atoms with van der Waals surface area (Å²) in [5, 5.41) is 3.88. The Bertz CT molecular complexity index is 1920. The summed E-state index contributed by atoms with van der Waals surface area (Å²) in [6, 6.07) is 12.5. The molecule has 1 unspecified atom stereocenters. The van der Waals surface area contributed by atoms with E-state index in [0.29, 0.717) is 73.5 Å². The number of aryl methyl sites for hydroxylation is 1. The van der Waals surface area contributed by atoms with Crippen LogP contribution in [0, 0.1) is 13.8 Å². The second-order valence-corrected chi connectivity index (χ2v) is 15.7. The Morgan fingerprint density at radius 3 is 2.53 bits per heavy atom. The number of benzene rings is 2. The van der Waals surface area contributed by atoms with E-state index >= 15 is 4.39 Å². The van der Waals surface area contributed by atoms with Gasteiger partial charge in [0.2, 0.25) is 0 Å². The normalized spacial score (nSPS) is 20.3. The molecule has 13 heteroatoms. The molecule has 3 aliphatic rings. The summed E-state index contributed by atoms with van der Waals surface area (Å²) < 4.78 is 56.6. The number of nitrogens with zero attached hydrogens (tertiary/aromatic N) is 4. The van der Waals surface area contributed by atoms with E-state index in [1.807, 2.05) is 25.1 Å². The molecule has 2 amide bonds. The third kappa shape index (κ3) is 7.32. The highest BCUT2D eigenvalue weighted by Gasteiger charge is 2.53. The van der Waals surface area contributed by atoms with Crippen LogP contribution in [0.3, 0.4) is 0 Å². The van der Waals surface area contributed by atoms with Gasteiger partial charge in [-0.25, -0.2) is 12.8 Å². The SMILES string of the molecule is CCCCC1=NC2(CCCN(C(=O)C3(F)CCCC3)C2)C(=O)N1Cc1ccc(-c2ccccc2S(=O)(=O)Nc2noc(C)c2C)c(COCC)c1. The van der Waals surface area contributed by atoms with Gasteiger partial charge in [-0.2, -0.15) is 0 Å². The number of anilines is 1. The Morgan fingerprint density at radius 2 is 1.82 bits per heavy atom. The van der Waals surface area contributed by atoms with Gasteiger partial charge in [-0.15, -0.1) is 0 Å². The molecule has 3 heterocycles. The van der Waals surface area contributed by atoms with Crippen LogP contribution in [0.15, 0.2) is 56.9 Å². The number of aliphatic imine (C=N–C) groups is 1. The number of sulfonamides is 1. The topological polar surface area (TPSA) is 134 Å². The number of rotatable bonds is 13. The molecule has 274 valence electrons. The minimum absolute atomic E-state index is 0.0743. The van der Waals surface area contributed by atoms with Crippen LogP contribution in [0.25, 0.3) is 11.1 Å². The van der Waals surface area contributed by atoms with Crippen LogP contribution < -0.4 is 4.72 Å². The molecule has 1 aromatic heterocycles. The molecule has 0 radical (unpaired) electrons. The molecule has 6 rings (SSSR count). The lowest BCUT2D eigenvalue weighted by molar-refractivity contribution is -0.148. The van der Waals surface area contributed by atoms with Crippen molar-refractivity contribution in [3.8, 4) is 11.1 Å². The van der Waals surface area contributed by atoms with Gasteiger partial charge in [-0.3, -0.25) is 24.2 Å². The standard InChI is InChI=1S/C38H48FN5O6S/c1-5-7-15-33-40-38(20-12-21-43(25-38)35(45)37(39)18-10-11-19-37)36(46)44(33)23-28-16-17-30(29(22-28)24-49-6-2)31-13-8-9-14-32(31)51(47,48)42-34-26(3)27(4)50-41-34/h8-9,13-14,16-17,22H,5-7,10-12,15,18-21,23-25H2,1-4H3,(H,41,42). The number of carbonyl (C=O) groups is 2. The largest absolute Gasteiger partial charge is 0.377 e. The molecule has 2 fully saturated rings. The number of hydrogen-bond acceptors (Lipinski definition) is 8. The maximum atomic E-state index is 15.6. The Balaban J connectivity index is 1.30. The van der Waals surface area contributed by atoms with Crippen LogP contribution >= 0.6 is 0 Å². The van der Waals surface area contributed by atoms with Crippen LogP contribution in [-0.2, 0) is 37.5 Å². The fourth-order valence-corrected chi connectivity index (χ4v) is 8.74. The molecular weight excluding hydrogens is 674 g/mol. The highest BCUT2D eigenvalue weighted by atomic mass is 32.2. The average Bonchev–Trinajstić information content (AvgIpc) is 3.78. The molecule has 1 spiro atoms. The Hall–Kier alpha value is -4.10. The third-order valence-electron chi connectivity index (χ3n) is 10.4. The number of amides is 2. The van der Waals surface area contributed by atoms with Crippen LogP contribution in [0.4, 0.5) is 10.2 Å². The van der Waals surface area contributed by atoms with Gasteiger partial charge in [0.15, 0.2) is 17.0 Å². The van der Waals surface area contributed by atoms with Gasteiger partial charge >= 0.3 is 0 Å². The van der Waals surface area contributed by atoms with Crippen molar-refractivity contribution >= 4 is 33.5 Å². The number of nitrogens with one attached hydrogen (secondary N) is 1. The Morgan fingerprint density at radius 1 is 1.06 bits per heavy atom. The number of aromatic nitrogens is 1. The number of carbonyl (C=O) groups excluding carboxylic acids is 2. The van der Waals surface area contributed by atoms with E-state index in [1.54, 1.807) is 43.0 Å². The van der Waals surface area contributed by atoms with Crippen LogP contribution in [-0.4, -0.2) is 71.9 Å². The smallest absolute Gasteiger partial charge is 0.263 e. The van der Waals surface area contributed by atoms with Crippen molar-refractivity contribution in [2.24, 2.45) is 4.99 Å². The van der Waals surface area contributed by atoms with Crippen molar-refractivity contribution in [2.45, 2.75) is 115 Å². The number of halogens is 1. The molecule has 2 aromatic carbocycles. The quantitative estimate of drug-likeness (QED) is 0.204. The van der Waals surface area contributed by atoms with Gasteiger partial charge < -0.3 is 14.2 Å². The lowest BCUT2D eigenvalue weighted by Crippen LogP contribution is -2.57. The molecule has 1 N–H and O–H groups in total. The lowest BCUT2D eigenvalue weighted by atomic mass is 9.87. The van der Waals surface area contributed by atoms with E-state index in [1.165, 1.54) is 4.90 Å². The maximum Gasteiger partial charge on any atom is 0.263 e. The number of ether oxygens (including phenoxy) is 1. The van der Waals surface area contributed by atoms with E-state index in [2.05, 4.69) is 16.8 Å². The first kappa shape index (κ1) is 36.7. The molecule has 2 aliphatic heterocycles. The van der Waals surface area contributed by atoms with Crippen LogP contribution in [0.5, 0.6) is 0 Å². The second kappa shape index (κ2) is 14.9. The summed E-state index contributed by atoms with van der Waals surface area (Å²) >= 11 is 0. The molecule has 0 bridgehead atoms. The van der Waals surface area contributed by atoms with Crippen molar-refractivity contribution in [3.05, 3.63) is 64.9 Å². The predicted molar refractivity (Wildman–Crippen MR) is 192 cm³/mol. The first-order chi connectivity index (χ1) is 24.4. The van der Waals surface area contributed by atoms with Gasteiger partial charge in [0, 0.05) is 30.7 Å². The summed E-state index contributed by atoms with van der Waals surface area (Å²) in [5.74, 6) is 0.669. The van der Waals surface area contributed by atoms with Gasteiger partial charge in [0.25, 0.3) is 21.8 Å². The lowest BCUT2D eigenvalue weighted by Gasteiger charge is -2.39. The van der Waals surface area contributed by atoms with E-state index in [0.717, 1.165) is 24.0 Å². The summed E-state index contributed by atoms with van der Waals surface area (Å²) in [7, 11) is -4.06. The van der Waals surface area contributed by atoms with Crippen molar-refractivity contribution in [1.29, 1.82) is 0 Å². The molecule has 11 nitrogen and oxygen atoms in total. The summed E-state index contributed by atoms with van der Waals surface area (Å²) in [6.45, 7) is 8.85. The molecule has 1 saturated heterocycles. The maximum absolute atomic E-state index is 15.6. The van der Waals surface area contributed by atoms with Crippen LogP contribution in [0.2, 0.25) is 0 Å². The number of unbranched alkanes of at least 4 members (excludes halogenated alkanes) is 1. The zero-order valence-corrected chi connectivity index (χ0v) is 30.8. The highest BCUT2D eigenvalue weighted by molar-refractivity contribution is 7.92. The monoisotopic (exact) mass is 721 g/mol. The molecule has 1 aliphatic carbocycles. The number of likely N-dealkylation sites (tertiary alicyclic amines) is 1. The van der Waals surface area contributed by atoms with Gasteiger partial charge in [-0.05, 0) is 88.5 Å². The number of piperidine rings is 1. The Kier molecular flexibility index (Phi) is 10.7. The molecular formula is C38H48FN5O6S. The fraction of sp³-hybridized carbons (Fsp3) is 0.526. The third-order valence-corrected chi connectivity index (χ3v) is 11.8. The van der Waals surface area contributed by atoms with Gasteiger partial charge in [0.05, 0.1) is 24.6 Å². The molecule has 51 heavy (non-hydrogen) atoms. The average molecular weight is 722 g/mol. The summed E-state index contributed by atoms with van der Waals surface area (Å²) in [5.41, 5.74) is 0.386. The van der Waals surface area contributed by atoms with E-state index < -0.39 is 27.1 Å². The summed E-state index contributed by atoms with van der Waals surface area (Å²) in [6.07, 6.45) is 5.30. The zero-order chi connectivity index (χ0) is 36.4. The van der Waals surface area contributed by atoms with E-state index in [4.69, 9.17) is 14.3 Å². The molecule has 1 atom stereocenters. The summed E-state index contributed by atoms with van der Waals surface area (Å²) in [4.78, 5) is 36.1. The fourth-order valence-electron chi connectivity index (χ4n) is 7.46.